The third kappa shape index (κ3) is 7.22. The summed E-state index contributed by atoms with van der Waals surface area (Å²) in [6.45, 7) is 6.13. The molecule has 0 unspecified atom stereocenters. The molecule has 0 saturated carbocycles. The quantitative estimate of drug-likeness (QED) is 0.347. The number of rotatable bonds is 9. The fourth-order valence-corrected chi connectivity index (χ4v) is 4.67. The first-order chi connectivity index (χ1) is 19.5. The number of amides is 3. The Morgan fingerprint density at radius 2 is 1.62 bits per heavy atom. The van der Waals surface area contributed by atoms with Crippen LogP contribution in [0.2, 0.25) is 0 Å². The van der Waals surface area contributed by atoms with Crippen LogP contribution in [0.3, 0.4) is 0 Å². The van der Waals surface area contributed by atoms with Gasteiger partial charge in [-0.3, -0.25) is 9.69 Å². The number of nitrogens with zero attached hydrogens (tertiary/aromatic N) is 2. The third-order valence-corrected chi connectivity index (χ3v) is 6.89. The molecule has 0 spiro atoms. The number of urea groups is 1. The highest BCUT2D eigenvalue weighted by molar-refractivity contribution is 6.05. The molecule has 2 aliphatic heterocycles. The van der Waals surface area contributed by atoms with Crippen molar-refractivity contribution in [3.8, 4) is 11.5 Å². The molecule has 3 amide bonds. The number of morpholine rings is 1. The number of para-hydroxylation sites is 2. The van der Waals surface area contributed by atoms with E-state index in [0.29, 0.717) is 60.4 Å². The third-order valence-electron chi connectivity index (χ3n) is 6.89. The van der Waals surface area contributed by atoms with Crippen molar-refractivity contribution < 1.29 is 23.8 Å². The van der Waals surface area contributed by atoms with Crippen molar-refractivity contribution in [3.63, 3.8) is 0 Å². The van der Waals surface area contributed by atoms with E-state index in [4.69, 9.17) is 19.9 Å². The first kappa shape index (κ1) is 27.3. The predicted molar refractivity (Wildman–Crippen MR) is 154 cm³/mol. The van der Waals surface area contributed by atoms with Gasteiger partial charge in [0.25, 0.3) is 5.91 Å². The summed E-state index contributed by atoms with van der Waals surface area (Å²) in [5, 5.41) is 5.85. The van der Waals surface area contributed by atoms with Gasteiger partial charge in [0.1, 0.15) is 13.2 Å². The summed E-state index contributed by atoms with van der Waals surface area (Å²) in [5.74, 6) is 1.04. The highest BCUT2D eigenvalue weighted by Crippen LogP contribution is 2.32. The van der Waals surface area contributed by atoms with Crippen molar-refractivity contribution in [3.05, 3.63) is 77.9 Å². The van der Waals surface area contributed by atoms with Gasteiger partial charge in [0.05, 0.1) is 24.6 Å². The van der Waals surface area contributed by atoms with Crippen LogP contribution in [0.4, 0.5) is 21.9 Å². The van der Waals surface area contributed by atoms with Gasteiger partial charge < -0.3 is 35.5 Å². The number of fused-ring (bicyclic) bond motifs is 1. The van der Waals surface area contributed by atoms with E-state index in [-0.39, 0.29) is 11.9 Å². The molecular formula is C30H35N5O5. The first-order valence-electron chi connectivity index (χ1n) is 13.6. The minimum Gasteiger partial charge on any atom is -0.486 e. The van der Waals surface area contributed by atoms with Crippen molar-refractivity contribution in [2.45, 2.75) is 13.0 Å². The lowest BCUT2D eigenvalue weighted by molar-refractivity contribution is 0.0365. The van der Waals surface area contributed by atoms with Crippen LogP contribution in [-0.2, 0) is 11.3 Å². The number of hydrogen-bond acceptors (Lipinski definition) is 7. The zero-order chi connectivity index (χ0) is 27.7. The molecule has 3 aromatic carbocycles. The molecule has 40 heavy (non-hydrogen) atoms. The molecule has 0 aliphatic carbocycles. The highest BCUT2D eigenvalue weighted by atomic mass is 16.6. The Bertz CT molecular complexity index is 1310. The fraction of sp³-hybridized carbons (Fsp3) is 0.333. The van der Waals surface area contributed by atoms with E-state index < -0.39 is 0 Å². The van der Waals surface area contributed by atoms with Crippen molar-refractivity contribution in [1.29, 1.82) is 0 Å². The summed E-state index contributed by atoms with van der Waals surface area (Å²) >= 11 is 0. The van der Waals surface area contributed by atoms with E-state index >= 15 is 0 Å². The van der Waals surface area contributed by atoms with Crippen molar-refractivity contribution in [2.75, 3.05) is 69.0 Å². The number of carbonyl (C=O) groups excluding carboxylic acids is 2. The molecule has 2 heterocycles. The minimum absolute atomic E-state index is 0.208. The van der Waals surface area contributed by atoms with Crippen LogP contribution in [0.15, 0.2) is 66.7 Å². The summed E-state index contributed by atoms with van der Waals surface area (Å²) in [7, 11) is 0. The normalized spacial score (nSPS) is 14.8. The van der Waals surface area contributed by atoms with Gasteiger partial charge in [-0.2, -0.15) is 0 Å². The molecule has 210 valence electrons. The molecule has 5 rings (SSSR count). The lowest BCUT2D eigenvalue weighted by Crippen LogP contribution is -2.40. The van der Waals surface area contributed by atoms with Gasteiger partial charge >= 0.3 is 6.03 Å². The van der Waals surface area contributed by atoms with E-state index in [0.717, 1.165) is 44.8 Å². The van der Waals surface area contributed by atoms with Crippen molar-refractivity contribution in [1.82, 2.24) is 9.80 Å². The molecule has 0 aromatic heterocycles. The van der Waals surface area contributed by atoms with Gasteiger partial charge in [-0.15, -0.1) is 0 Å². The highest BCUT2D eigenvalue weighted by Gasteiger charge is 2.18. The standard InChI is InChI=1S/C30H35N5O5/c31-25-4-1-2-5-26(25)33-29(36)23-8-6-22(7-9-23)21-35(13-3-12-34-14-16-38-17-15-34)30(37)32-24-10-11-27-28(20-24)40-19-18-39-27/h1-2,4-11,20H,3,12-19,21,31H2,(H,32,37)(H,33,36). The number of anilines is 3. The molecule has 10 nitrogen and oxygen atoms in total. The average molecular weight is 546 g/mol. The summed E-state index contributed by atoms with van der Waals surface area (Å²) < 4.78 is 16.7. The minimum atomic E-state index is -0.247. The number of nitrogens with two attached hydrogens (primary N) is 1. The van der Waals surface area contributed by atoms with E-state index in [1.54, 1.807) is 41.3 Å². The molecular weight excluding hydrogens is 510 g/mol. The molecule has 1 fully saturated rings. The van der Waals surface area contributed by atoms with Crippen LogP contribution < -0.4 is 25.8 Å². The van der Waals surface area contributed by atoms with Crippen LogP contribution in [0, 0.1) is 0 Å². The number of ether oxygens (including phenoxy) is 3. The number of benzene rings is 3. The molecule has 10 heteroatoms. The maximum absolute atomic E-state index is 13.4. The second-order valence-corrected chi connectivity index (χ2v) is 9.76. The van der Waals surface area contributed by atoms with E-state index in [1.807, 2.05) is 30.3 Å². The Hall–Kier alpha value is -4.28. The monoisotopic (exact) mass is 545 g/mol. The van der Waals surface area contributed by atoms with Gasteiger partial charge in [0.2, 0.25) is 0 Å². The smallest absolute Gasteiger partial charge is 0.322 e. The van der Waals surface area contributed by atoms with E-state index in [9.17, 15) is 9.59 Å². The van der Waals surface area contributed by atoms with Crippen molar-refractivity contribution in [2.24, 2.45) is 0 Å². The largest absolute Gasteiger partial charge is 0.486 e. The summed E-state index contributed by atoms with van der Waals surface area (Å²) in [6.07, 6.45) is 0.827. The van der Waals surface area contributed by atoms with Crippen molar-refractivity contribution >= 4 is 29.0 Å². The Balaban J connectivity index is 1.24. The van der Waals surface area contributed by atoms with Gasteiger partial charge in [0, 0.05) is 50.0 Å². The van der Waals surface area contributed by atoms with E-state index in [1.165, 1.54) is 0 Å². The first-order valence-corrected chi connectivity index (χ1v) is 13.6. The van der Waals surface area contributed by atoms with Gasteiger partial charge in [-0.25, -0.2) is 4.79 Å². The maximum Gasteiger partial charge on any atom is 0.322 e. The molecule has 0 atom stereocenters. The Morgan fingerprint density at radius 3 is 2.40 bits per heavy atom. The molecule has 1 saturated heterocycles. The molecule has 0 bridgehead atoms. The zero-order valence-corrected chi connectivity index (χ0v) is 22.4. The van der Waals surface area contributed by atoms with Crippen LogP contribution in [0.25, 0.3) is 0 Å². The number of nitrogens with one attached hydrogen (secondary N) is 2. The topological polar surface area (TPSA) is 118 Å². The lowest BCUT2D eigenvalue weighted by atomic mass is 10.1. The fourth-order valence-electron chi connectivity index (χ4n) is 4.67. The molecule has 4 N–H and O–H groups in total. The number of nitrogen functional groups attached to an aromatic ring is 1. The summed E-state index contributed by atoms with van der Waals surface area (Å²) in [5.41, 5.74) is 9.08. The van der Waals surface area contributed by atoms with Gasteiger partial charge in [-0.1, -0.05) is 24.3 Å². The van der Waals surface area contributed by atoms with Crippen LogP contribution >= 0.6 is 0 Å². The van der Waals surface area contributed by atoms with Crippen LogP contribution in [0.1, 0.15) is 22.3 Å². The second kappa shape index (κ2) is 13.2. The Morgan fingerprint density at radius 1 is 0.875 bits per heavy atom. The zero-order valence-electron chi connectivity index (χ0n) is 22.4. The summed E-state index contributed by atoms with van der Waals surface area (Å²) in [4.78, 5) is 30.3. The van der Waals surface area contributed by atoms with E-state index in [2.05, 4.69) is 15.5 Å². The average Bonchev–Trinajstić information content (AvgIpc) is 2.98. The predicted octanol–water partition coefficient (Wildman–Crippen LogP) is 4.05. The van der Waals surface area contributed by atoms with Gasteiger partial charge in [-0.05, 0) is 48.4 Å². The van der Waals surface area contributed by atoms with Gasteiger partial charge in [0.15, 0.2) is 11.5 Å². The number of carbonyl (C=O) groups is 2. The lowest BCUT2D eigenvalue weighted by Gasteiger charge is -2.28. The van der Waals surface area contributed by atoms with Crippen LogP contribution in [0.5, 0.6) is 11.5 Å². The Labute approximate surface area is 234 Å². The second-order valence-electron chi connectivity index (χ2n) is 9.76. The van der Waals surface area contributed by atoms with Crippen LogP contribution in [-0.4, -0.2) is 74.3 Å². The number of hydrogen-bond donors (Lipinski definition) is 3. The maximum atomic E-state index is 13.4. The SMILES string of the molecule is Nc1ccccc1NC(=O)c1ccc(CN(CCCN2CCOCC2)C(=O)Nc2ccc3c(c2)OCCO3)cc1. The molecule has 0 radical (unpaired) electrons. The summed E-state index contributed by atoms with van der Waals surface area (Å²) in [6, 6.07) is 19.6. The molecule has 3 aromatic rings. The Kier molecular flexibility index (Phi) is 9.00. The molecule has 2 aliphatic rings.